The summed E-state index contributed by atoms with van der Waals surface area (Å²) in [6, 6.07) is 0. The molecule has 0 saturated carbocycles. The zero-order chi connectivity index (χ0) is 8.20. The van der Waals surface area contributed by atoms with Crippen LogP contribution in [0, 0.1) is 5.21 Å². The van der Waals surface area contributed by atoms with Crippen molar-refractivity contribution in [3.8, 4) is 0 Å². The van der Waals surface area contributed by atoms with E-state index < -0.39 is 32.6 Å². The van der Waals surface area contributed by atoms with E-state index in [2.05, 4.69) is 3.17 Å². The van der Waals surface area contributed by atoms with Gasteiger partial charge in [0.15, 0.2) is 0 Å². The first-order chi connectivity index (χ1) is 4.45. The van der Waals surface area contributed by atoms with Crippen molar-refractivity contribution in [3.63, 3.8) is 0 Å². The molecular formula is C5H13INO3-. The molecule has 1 N–H and O–H groups in total. The van der Waals surface area contributed by atoms with Crippen LogP contribution in [0.5, 0.6) is 0 Å². The van der Waals surface area contributed by atoms with Crippen molar-refractivity contribution < 1.29 is 35.0 Å². The van der Waals surface area contributed by atoms with Gasteiger partial charge in [-0.3, -0.25) is 0 Å². The van der Waals surface area contributed by atoms with Crippen molar-refractivity contribution in [2.45, 2.75) is 26.4 Å². The van der Waals surface area contributed by atoms with E-state index in [0.717, 1.165) is 0 Å². The first kappa shape index (κ1) is 10.6. The third-order valence-electron chi connectivity index (χ3n) is 0.530. The van der Waals surface area contributed by atoms with Crippen LogP contribution in [0.15, 0.2) is 0 Å². The zero-order valence-electron chi connectivity index (χ0n) is 6.60. The van der Waals surface area contributed by atoms with Crippen LogP contribution in [0.1, 0.15) is 20.8 Å². The van der Waals surface area contributed by atoms with Crippen molar-refractivity contribution in [2.24, 2.45) is 0 Å². The maximum absolute atomic E-state index is 10.6. The molecule has 5 heteroatoms. The predicted octanol–water partition coefficient (Wildman–Crippen LogP) is -3.34. The Hall–Kier alpha value is 0.570. The van der Waals surface area contributed by atoms with E-state index in [1.54, 1.807) is 0 Å². The second-order valence-electron chi connectivity index (χ2n) is 2.70. The average Bonchev–Trinajstić information content (AvgIpc) is 1.59. The van der Waals surface area contributed by atoms with Crippen molar-refractivity contribution >= 4 is 0 Å². The van der Waals surface area contributed by atoms with Gasteiger partial charge in [-0.1, -0.05) is 0 Å². The van der Waals surface area contributed by atoms with Crippen LogP contribution in [0.4, 0.5) is 0 Å². The molecule has 0 spiro atoms. The summed E-state index contributed by atoms with van der Waals surface area (Å²) >= 11 is -0.462. The van der Waals surface area contributed by atoms with Crippen LogP contribution < -0.4 is 27.0 Å². The van der Waals surface area contributed by atoms with Crippen molar-refractivity contribution in [1.29, 1.82) is 0 Å². The molecule has 10 heavy (non-hydrogen) atoms. The van der Waals surface area contributed by atoms with Gasteiger partial charge in [0.1, 0.15) is 0 Å². The van der Waals surface area contributed by atoms with Crippen LogP contribution in [0.25, 0.3) is 0 Å². The fraction of sp³-hybridized carbons (Fsp3) is 1.00. The van der Waals surface area contributed by atoms with Crippen LogP contribution in [0.2, 0.25) is 0 Å². The molecule has 0 fully saturated rings. The third-order valence-corrected chi connectivity index (χ3v) is 1.33. The molecule has 64 valence electrons. The van der Waals surface area contributed by atoms with Gasteiger partial charge in [-0.2, -0.15) is 0 Å². The van der Waals surface area contributed by atoms with Gasteiger partial charge in [-0.25, -0.2) is 0 Å². The Morgan fingerprint density at radius 3 is 2.20 bits per heavy atom. The Bertz CT molecular complexity index is 93.4. The van der Waals surface area contributed by atoms with Gasteiger partial charge >= 0.3 is 71.5 Å². The van der Waals surface area contributed by atoms with Crippen LogP contribution in [-0.2, 0) is 8.00 Å². The number of quaternary nitrogens is 1. The molecule has 0 aromatic carbocycles. The van der Waals surface area contributed by atoms with Gasteiger partial charge in [0.05, 0.1) is 0 Å². The first-order valence-electron chi connectivity index (χ1n) is 2.85. The Labute approximate surface area is 71.8 Å². The average molecular weight is 262 g/mol. The molecule has 0 radical (unpaired) electrons. The second kappa shape index (κ2) is 4.45. The summed E-state index contributed by atoms with van der Waals surface area (Å²) in [6.45, 7) is 5.42. The van der Waals surface area contributed by atoms with Gasteiger partial charge in [0.25, 0.3) is 0 Å². The van der Waals surface area contributed by atoms with E-state index in [1.807, 2.05) is 25.7 Å². The first-order valence-corrected chi connectivity index (χ1v) is 5.89. The van der Waals surface area contributed by atoms with Gasteiger partial charge < -0.3 is 0 Å². The molecule has 0 aromatic heterocycles. The molecule has 0 rings (SSSR count). The Morgan fingerprint density at radius 1 is 1.40 bits per heavy atom. The summed E-state index contributed by atoms with van der Waals surface area (Å²) in [5.41, 5.74) is -0.435. The number of hydrogen-bond acceptors (Lipinski definition) is 3. The van der Waals surface area contributed by atoms with Gasteiger partial charge in [0.2, 0.25) is 0 Å². The number of alkyl halides is 1. The van der Waals surface area contributed by atoms with E-state index in [0.29, 0.717) is 0 Å². The van der Waals surface area contributed by atoms with Crippen molar-refractivity contribution in [1.82, 2.24) is 0 Å². The summed E-state index contributed by atoms with van der Waals surface area (Å²) in [5.74, 6) is 0. The summed E-state index contributed by atoms with van der Waals surface area (Å²) < 4.78 is 4.67. The minimum absolute atomic E-state index is 0.435. The molecule has 0 heterocycles. The molecule has 4 nitrogen and oxygen atoms in total. The second-order valence-corrected chi connectivity index (χ2v) is 4.02. The molecule has 1 atom stereocenters. The molecule has 0 aliphatic heterocycles. The van der Waals surface area contributed by atoms with Gasteiger partial charge in [0, 0.05) is 0 Å². The zero-order valence-corrected chi connectivity index (χ0v) is 8.76. The monoisotopic (exact) mass is 262 g/mol. The number of nitrogens with one attached hydrogen (secondary N) is 1. The van der Waals surface area contributed by atoms with Crippen LogP contribution >= 0.6 is 0 Å². The van der Waals surface area contributed by atoms with E-state index in [4.69, 9.17) is 4.84 Å². The minimum atomic E-state index is -0.553. The Balaban J connectivity index is 3.47. The predicted molar refractivity (Wildman–Crippen MR) is 32.2 cm³/mol. The van der Waals surface area contributed by atoms with E-state index in [9.17, 15) is 5.21 Å². The summed E-state index contributed by atoms with van der Waals surface area (Å²) in [4.78, 5) is 6.69. The SMILES string of the molecule is C[I-]O[NH+]([O-])OC(C)(C)C. The summed E-state index contributed by atoms with van der Waals surface area (Å²) in [7, 11) is 0. The number of rotatable bonds is 3. The molecule has 0 aliphatic rings. The standard InChI is InChI=1S/C5H13INO3/c1-5(2,3)9-7(8)10-6-4/h7H,1-4H3/q-1. The van der Waals surface area contributed by atoms with E-state index in [-0.39, 0.29) is 0 Å². The molecule has 0 saturated heterocycles. The molecule has 0 aliphatic carbocycles. The third kappa shape index (κ3) is 6.69. The number of halogens is 1. The van der Waals surface area contributed by atoms with Crippen LogP contribution in [-0.4, -0.2) is 10.5 Å². The topological polar surface area (TPSA) is 46.0 Å². The van der Waals surface area contributed by atoms with Crippen molar-refractivity contribution in [2.75, 3.05) is 4.93 Å². The molecule has 1 unspecified atom stereocenters. The Kier molecular flexibility index (Phi) is 4.70. The van der Waals surface area contributed by atoms with Gasteiger partial charge in [-0.15, -0.1) is 0 Å². The summed E-state index contributed by atoms with van der Waals surface area (Å²) in [6.07, 6.45) is 0. The van der Waals surface area contributed by atoms with Crippen molar-refractivity contribution in [3.05, 3.63) is 5.21 Å². The summed E-state index contributed by atoms with van der Waals surface area (Å²) in [5, 5.41) is 10.1. The fourth-order valence-electron chi connectivity index (χ4n) is 0.329. The van der Waals surface area contributed by atoms with E-state index >= 15 is 0 Å². The Morgan fingerprint density at radius 2 is 1.90 bits per heavy atom. The molecule has 0 amide bonds. The molecule has 0 aromatic rings. The normalized spacial score (nSPS) is 15.7. The fourth-order valence-corrected chi connectivity index (χ4v) is 0.778. The molecule has 0 bridgehead atoms. The maximum atomic E-state index is 10.6. The van der Waals surface area contributed by atoms with E-state index in [1.165, 1.54) is 0 Å². The quantitative estimate of drug-likeness (QED) is 0.329. The number of hydrogen-bond donors (Lipinski definition) is 1. The molecular weight excluding hydrogens is 249 g/mol. The van der Waals surface area contributed by atoms with Gasteiger partial charge in [-0.05, 0) is 0 Å². The van der Waals surface area contributed by atoms with Crippen LogP contribution in [0.3, 0.4) is 0 Å².